The summed E-state index contributed by atoms with van der Waals surface area (Å²) in [4.78, 5) is 23.2. The van der Waals surface area contributed by atoms with Gasteiger partial charge in [0, 0.05) is 27.1 Å². The van der Waals surface area contributed by atoms with Gasteiger partial charge in [0.1, 0.15) is 6.04 Å². The van der Waals surface area contributed by atoms with Crippen molar-refractivity contribution in [2.75, 3.05) is 0 Å². The lowest BCUT2D eigenvalue weighted by Crippen LogP contribution is -2.19. The monoisotopic (exact) mass is 399 g/mol. The summed E-state index contributed by atoms with van der Waals surface area (Å²) >= 11 is 3.40. The second-order valence-corrected chi connectivity index (χ2v) is 7.07. The molecule has 25 heavy (non-hydrogen) atoms. The van der Waals surface area contributed by atoms with E-state index in [0.717, 1.165) is 27.2 Å². The van der Waals surface area contributed by atoms with Gasteiger partial charge < -0.3 is 9.67 Å². The third-order valence-corrected chi connectivity index (χ3v) is 4.89. The summed E-state index contributed by atoms with van der Waals surface area (Å²) in [5.41, 5.74) is 3.53. The highest BCUT2D eigenvalue weighted by molar-refractivity contribution is 9.10. The zero-order valence-corrected chi connectivity index (χ0v) is 15.4. The topological polar surface area (TPSA) is 59.3 Å². The molecule has 0 fully saturated rings. The Bertz CT molecular complexity index is 928. The van der Waals surface area contributed by atoms with Gasteiger partial charge in [-0.1, -0.05) is 45.8 Å². The van der Waals surface area contributed by atoms with Crippen LogP contribution in [0.5, 0.6) is 0 Å². The minimum Gasteiger partial charge on any atom is -0.480 e. The van der Waals surface area contributed by atoms with Gasteiger partial charge in [-0.25, -0.2) is 4.79 Å². The maximum Gasteiger partial charge on any atom is 0.326 e. The molecule has 0 radical (unpaired) electrons. The maximum atomic E-state index is 11.9. The van der Waals surface area contributed by atoms with Crippen LogP contribution in [0.25, 0.3) is 10.9 Å². The van der Waals surface area contributed by atoms with E-state index >= 15 is 0 Å². The number of aryl methyl sites for hydroxylation is 2. The average Bonchev–Trinajstić information content (AvgIpc) is 2.94. The molecule has 0 aliphatic carbocycles. The normalized spacial score (nSPS) is 12.2. The first-order valence-electron chi connectivity index (χ1n) is 8.03. The van der Waals surface area contributed by atoms with Gasteiger partial charge >= 0.3 is 5.97 Å². The number of aromatic nitrogens is 1. The van der Waals surface area contributed by atoms with Crippen LogP contribution in [0.4, 0.5) is 0 Å². The van der Waals surface area contributed by atoms with Crippen molar-refractivity contribution in [1.82, 2.24) is 4.57 Å². The number of carboxylic acid groups (broad SMARTS) is 1. The first-order valence-corrected chi connectivity index (χ1v) is 8.82. The number of carbonyl (C=O) groups is 2. The Hall–Kier alpha value is -2.40. The van der Waals surface area contributed by atoms with E-state index in [1.54, 1.807) is 10.8 Å². The van der Waals surface area contributed by atoms with Crippen LogP contribution in [-0.4, -0.2) is 21.9 Å². The smallest absolute Gasteiger partial charge is 0.326 e. The highest BCUT2D eigenvalue weighted by atomic mass is 79.9. The molecular formula is C20H18BrNO3. The van der Waals surface area contributed by atoms with Crippen molar-refractivity contribution in [3.05, 3.63) is 69.8 Å². The Balaban J connectivity index is 1.95. The summed E-state index contributed by atoms with van der Waals surface area (Å²) in [7, 11) is 0. The molecule has 0 aliphatic heterocycles. The van der Waals surface area contributed by atoms with E-state index in [-0.39, 0.29) is 0 Å². The van der Waals surface area contributed by atoms with Crippen LogP contribution >= 0.6 is 15.9 Å². The van der Waals surface area contributed by atoms with Crippen LogP contribution < -0.4 is 0 Å². The van der Waals surface area contributed by atoms with E-state index < -0.39 is 12.0 Å². The van der Waals surface area contributed by atoms with Crippen molar-refractivity contribution < 1.29 is 14.7 Å². The second kappa shape index (κ2) is 7.23. The SMILES string of the molecule is Cc1ccc(CCC(C(=O)O)n2cc(C=O)c3cc(Br)ccc32)cc1. The summed E-state index contributed by atoms with van der Waals surface area (Å²) in [6.45, 7) is 2.02. The van der Waals surface area contributed by atoms with Crippen LogP contribution in [0, 0.1) is 6.92 Å². The van der Waals surface area contributed by atoms with Crippen LogP contribution in [0.3, 0.4) is 0 Å². The Labute approximate surface area is 154 Å². The number of rotatable bonds is 6. The first kappa shape index (κ1) is 17.4. The Kier molecular flexibility index (Phi) is 5.04. The van der Waals surface area contributed by atoms with Gasteiger partial charge in [0.15, 0.2) is 6.29 Å². The largest absolute Gasteiger partial charge is 0.480 e. The van der Waals surface area contributed by atoms with Gasteiger partial charge in [-0.05, 0) is 43.5 Å². The molecule has 1 N–H and O–H groups in total. The number of fused-ring (bicyclic) bond motifs is 1. The zero-order chi connectivity index (χ0) is 18.0. The molecule has 1 atom stereocenters. The molecule has 1 aromatic heterocycles. The summed E-state index contributed by atoms with van der Waals surface area (Å²) in [6, 6.07) is 12.9. The molecular weight excluding hydrogens is 382 g/mol. The van der Waals surface area contributed by atoms with E-state index in [4.69, 9.17) is 0 Å². The van der Waals surface area contributed by atoms with Gasteiger partial charge in [-0.15, -0.1) is 0 Å². The van der Waals surface area contributed by atoms with E-state index in [2.05, 4.69) is 15.9 Å². The molecule has 3 aromatic rings. The molecule has 0 amide bonds. The minimum absolute atomic E-state index is 0.455. The molecule has 128 valence electrons. The van der Waals surface area contributed by atoms with Crippen molar-refractivity contribution >= 4 is 39.1 Å². The summed E-state index contributed by atoms with van der Waals surface area (Å²) in [5.74, 6) is -0.899. The fourth-order valence-electron chi connectivity index (χ4n) is 3.05. The zero-order valence-electron chi connectivity index (χ0n) is 13.8. The fraction of sp³-hybridized carbons (Fsp3) is 0.200. The molecule has 0 saturated carbocycles. The third-order valence-electron chi connectivity index (χ3n) is 4.40. The molecule has 3 rings (SSSR count). The maximum absolute atomic E-state index is 11.9. The van der Waals surface area contributed by atoms with Crippen LogP contribution in [-0.2, 0) is 11.2 Å². The van der Waals surface area contributed by atoms with Gasteiger partial charge in [-0.2, -0.15) is 0 Å². The van der Waals surface area contributed by atoms with Gasteiger partial charge in [0.2, 0.25) is 0 Å². The Morgan fingerprint density at radius 2 is 1.96 bits per heavy atom. The number of carboxylic acids is 1. The Morgan fingerprint density at radius 3 is 2.60 bits per heavy atom. The Morgan fingerprint density at radius 1 is 1.24 bits per heavy atom. The van der Waals surface area contributed by atoms with Crippen molar-refractivity contribution in [3.8, 4) is 0 Å². The standard InChI is InChI=1S/C20H18BrNO3/c1-13-2-4-14(5-3-13)6-8-19(20(24)25)22-11-15(12-23)17-10-16(21)7-9-18(17)22/h2-5,7,9-12,19H,6,8H2,1H3,(H,24,25). The van der Waals surface area contributed by atoms with Gasteiger partial charge in [0.05, 0.1) is 0 Å². The highest BCUT2D eigenvalue weighted by Crippen LogP contribution is 2.29. The lowest BCUT2D eigenvalue weighted by Gasteiger charge is -2.16. The number of hydrogen-bond acceptors (Lipinski definition) is 2. The molecule has 4 nitrogen and oxygen atoms in total. The van der Waals surface area contributed by atoms with E-state index in [1.807, 2.05) is 49.4 Å². The number of carbonyl (C=O) groups excluding carboxylic acids is 1. The molecule has 0 aliphatic rings. The molecule has 2 aromatic carbocycles. The fourth-order valence-corrected chi connectivity index (χ4v) is 3.41. The number of aldehydes is 1. The minimum atomic E-state index is -0.899. The lowest BCUT2D eigenvalue weighted by molar-refractivity contribution is -0.141. The van der Waals surface area contributed by atoms with Crippen LogP contribution in [0.1, 0.15) is 33.9 Å². The van der Waals surface area contributed by atoms with Gasteiger partial charge in [-0.3, -0.25) is 4.79 Å². The van der Waals surface area contributed by atoms with Crippen molar-refractivity contribution in [1.29, 1.82) is 0 Å². The van der Waals surface area contributed by atoms with E-state index in [1.165, 1.54) is 5.56 Å². The molecule has 0 bridgehead atoms. The third kappa shape index (κ3) is 3.66. The molecule has 1 unspecified atom stereocenters. The first-order chi connectivity index (χ1) is 12.0. The van der Waals surface area contributed by atoms with Crippen molar-refractivity contribution in [2.24, 2.45) is 0 Å². The summed E-state index contributed by atoms with van der Waals surface area (Å²) in [5, 5.41) is 10.5. The lowest BCUT2D eigenvalue weighted by atomic mass is 10.0. The average molecular weight is 400 g/mol. The van der Waals surface area contributed by atoms with Crippen LogP contribution in [0.2, 0.25) is 0 Å². The number of hydrogen-bond donors (Lipinski definition) is 1. The summed E-state index contributed by atoms with van der Waals surface area (Å²) < 4.78 is 2.55. The second-order valence-electron chi connectivity index (χ2n) is 6.15. The number of aliphatic carboxylic acids is 1. The summed E-state index contributed by atoms with van der Waals surface area (Å²) in [6.07, 6.45) is 3.52. The number of benzene rings is 2. The van der Waals surface area contributed by atoms with E-state index in [0.29, 0.717) is 18.4 Å². The number of nitrogens with zero attached hydrogens (tertiary/aromatic N) is 1. The molecule has 1 heterocycles. The predicted octanol–water partition coefficient (Wildman–Crippen LogP) is 4.78. The van der Waals surface area contributed by atoms with Gasteiger partial charge in [0.25, 0.3) is 0 Å². The molecule has 0 saturated heterocycles. The molecule has 5 heteroatoms. The van der Waals surface area contributed by atoms with Crippen molar-refractivity contribution in [3.63, 3.8) is 0 Å². The van der Waals surface area contributed by atoms with Crippen molar-refractivity contribution in [2.45, 2.75) is 25.8 Å². The highest BCUT2D eigenvalue weighted by Gasteiger charge is 2.22. The predicted molar refractivity (Wildman–Crippen MR) is 101 cm³/mol. The van der Waals surface area contributed by atoms with Crippen LogP contribution in [0.15, 0.2) is 53.1 Å². The van der Waals surface area contributed by atoms with E-state index in [9.17, 15) is 14.7 Å². The molecule has 0 spiro atoms. The number of halogens is 1. The quantitative estimate of drug-likeness (QED) is 0.606.